The number of hydrogen-bond acceptors (Lipinski definition) is 2. The smallest absolute Gasteiger partial charge is 0.0366 e. The van der Waals surface area contributed by atoms with Crippen LogP contribution in [0.1, 0.15) is 38.2 Å². The first-order valence-corrected chi connectivity index (χ1v) is 6.78. The first kappa shape index (κ1) is 12.4. The summed E-state index contributed by atoms with van der Waals surface area (Å²) in [5.74, 6) is 0. The SMILES string of the molecule is CCC(N)Cc1ccc(N(C)C2CCC2)cc1. The van der Waals surface area contributed by atoms with Gasteiger partial charge in [-0.05, 0) is 49.8 Å². The maximum absolute atomic E-state index is 5.97. The van der Waals surface area contributed by atoms with Crippen LogP contribution in [0.4, 0.5) is 5.69 Å². The molecular weight excluding hydrogens is 208 g/mol. The fraction of sp³-hybridized carbons (Fsp3) is 0.600. The van der Waals surface area contributed by atoms with Crippen LogP contribution in [-0.2, 0) is 6.42 Å². The van der Waals surface area contributed by atoms with Crippen molar-refractivity contribution in [3.8, 4) is 0 Å². The molecule has 2 rings (SSSR count). The second-order valence-electron chi connectivity index (χ2n) is 5.23. The number of nitrogens with zero attached hydrogens (tertiary/aromatic N) is 1. The van der Waals surface area contributed by atoms with E-state index in [9.17, 15) is 0 Å². The highest BCUT2D eigenvalue weighted by Crippen LogP contribution is 2.28. The third-order valence-electron chi connectivity index (χ3n) is 3.99. The zero-order valence-electron chi connectivity index (χ0n) is 11.0. The fourth-order valence-electron chi connectivity index (χ4n) is 2.30. The highest BCUT2D eigenvalue weighted by Gasteiger charge is 2.21. The van der Waals surface area contributed by atoms with Gasteiger partial charge in [-0.25, -0.2) is 0 Å². The molecule has 1 aromatic rings. The summed E-state index contributed by atoms with van der Waals surface area (Å²) < 4.78 is 0. The molecule has 0 saturated heterocycles. The van der Waals surface area contributed by atoms with Crippen LogP contribution in [-0.4, -0.2) is 19.1 Å². The normalized spacial score (nSPS) is 17.6. The Morgan fingerprint density at radius 3 is 2.41 bits per heavy atom. The van der Waals surface area contributed by atoms with Crippen molar-refractivity contribution in [2.24, 2.45) is 5.73 Å². The van der Waals surface area contributed by atoms with E-state index < -0.39 is 0 Å². The van der Waals surface area contributed by atoms with Crippen LogP contribution in [0.15, 0.2) is 24.3 Å². The van der Waals surface area contributed by atoms with Crippen LogP contribution in [0.2, 0.25) is 0 Å². The minimum atomic E-state index is 0.296. The van der Waals surface area contributed by atoms with Crippen LogP contribution in [0, 0.1) is 0 Å². The fourth-order valence-corrected chi connectivity index (χ4v) is 2.30. The van der Waals surface area contributed by atoms with Gasteiger partial charge in [-0.15, -0.1) is 0 Å². The Kier molecular flexibility index (Phi) is 4.06. The molecule has 1 saturated carbocycles. The average Bonchev–Trinajstić information content (AvgIpc) is 2.27. The molecule has 17 heavy (non-hydrogen) atoms. The van der Waals surface area contributed by atoms with E-state index in [4.69, 9.17) is 5.73 Å². The first-order valence-electron chi connectivity index (χ1n) is 6.78. The summed E-state index contributed by atoms with van der Waals surface area (Å²) in [5, 5.41) is 0. The second-order valence-corrected chi connectivity index (χ2v) is 5.23. The Morgan fingerprint density at radius 2 is 1.94 bits per heavy atom. The third kappa shape index (κ3) is 3.01. The van der Waals surface area contributed by atoms with Crippen molar-refractivity contribution in [1.29, 1.82) is 0 Å². The minimum Gasteiger partial charge on any atom is -0.372 e. The van der Waals surface area contributed by atoms with Gasteiger partial charge < -0.3 is 10.6 Å². The molecule has 1 aliphatic carbocycles. The van der Waals surface area contributed by atoms with E-state index in [1.807, 2.05) is 0 Å². The molecule has 1 aliphatic rings. The highest BCUT2D eigenvalue weighted by molar-refractivity contribution is 5.48. The van der Waals surface area contributed by atoms with Gasteiger partial charge in [0.15, 0.2) is 0 Å². The highest BCUT2D eigenvalue weighted by atomic mass is 15.1. The molecule has 2 N–H and O–H groups in total. The van der Waals surface area contributed by atoms with E-state index >= 15 is 0 Å². The van der Waals surface area contributed by atoms with E-state index in [1.54, 1.807) is 0 Å². The van der Waals surface area contributed by atoms with Crippen LogP contribution < -0.4 is 10.6 Å². The zero-order valence-corrected chi connectivity index (χ0v) is 11.0. The lowest BCUT2D eigenvalue weighted by Gasteiger charge is -2.36. The van der Waals surface area contributed by atoms with Gasteiger partial charge in [-0.2, -0.15) is 0 Å². The molecule has 0 spiro atoms. The summed E-state index contributed by atoms with van der Waals surface area (Å²) >= 11 is 0. The molecule has 1 atom stereocenters. The maximum Gasteiger partial charge on any atom is 0.0366 e. The molecule has 2 nitrogen and oxygen atoms in total. The topological polar surface area (TPSA) is 29.3 Å². The van der Waals surface area contributed by atoms with Gasteiger partial charge in [0.25, 0.3) is 0 Å². The monoisotopic (exact) mass is 232 g/mol. The number of benzene rings is 1. The van der Waals surface area contributed by atoms with Gasteiger partial charge in [0, 0.05) is 24.8 Å². The standard InChI is InChI=1S/C15H24N2/c1-3-13(16)11-12-7-9-15(10-8-12)17(2)14-5-4-6-14/h7-10,13-14H,3-6,11,16H2,1-2H3. The van der Waals surface area contributed by atoms with E-state index in [-0.39, 0.29) is 0 Å². The first-order chi connectivity index (χ1) is 8.20. The Labute approximate surface area is 105 Å². The predicted molar refractivity (Wildman–Crippen MR) is 74.5 cm³/mol. The van der Waals surface area contributed by atoms with Gasteiger partial charge in [0.1, 0.15) is 0 Å². The Balaban J connectivity index is 1.97. The van der Waals surface area contributed by atoms with E-state index in [2.05, 4.69) is 43.1 Å². The number of nitrogens with two attached hydrogens (primary N) is 1. The molecule has 0 heterocycles. The quantitative estimate of drug-likeness (QED) is 0.845. The Bertz CT molecular complexity index is 340. The molecule has 0 aliphatic heterocycles. The molecule has 0 amide bonds. The molecule has 1 fully saturated rings. The van der Waals surface area contributed by atoms with Gasteiger partial charge in [0.2, 0.25) is 0 Å². The Hall–Kier alpha value is -1.02. The average molecular weight is 232 g/mol. The summed E-state index contributed by atoms with van der Waals surface area (Å²) in [4.78, 5) is 2.41. The molecule has 0 bridgehead atoms. The van der Waals surface area contributed by atoms with Gasteiger partial charge in [-0.1, -0.05) is 19.1 Å². The van der Waals surface area contributed by atoms with E-state index in [0.717, 1.165) is 18.9 Å². The lowest BCUT2D eigenvalue weighted by Crippen LogP contribution is -2.37. The molecule has 0 aromatic heterocycles. The summed E-state index contributed by atoms with van der Waals surface area (Å²) in [6.07, 6.45) is 6.12. The molecular formula is C15H24N2. The van der Waals surface area contributed by atoms with Crippen LogP contribution in [0.3, 0.4) is 0 Å². The molecule has 2 heteroatoms. The summed E-state index contributed by atoms with van der Waals surface area (Å²) in [7, 11) is 2.20. The largest absolute Gasteiger partial charge is 0.372 e. The van der Waals surface area contributed by atoms with Gasteiger partial charge >= 0.3 is 0 Å². The number of rotatable bonds is 5. The van der Waals surface area contributed by atoms with Crippen LogP contribution in [0.5, 0.6) is 0 Å². The van der Waals surface area contributed by atoms with Gasteiger partial charge in [-0.3, -0.25) is 0 Å². The summed E-state index contributed by atoms with van der Waals surface area (Å²) in [6, 6.07) is 9.97. The van der Waals surface area contributed by atoms with Crippen molar-refractivity contribution in [1.82, 2.24) is 0 Å². The number of anilines is 1. The predicted octanol–water partition coefficient (Wildman–Crippen LogP) is 2.96. The molecule has 94 valence electrons. The maximum atomic E-state index is 5.97. The van der Waals surface area contributed by atoms with E-state index in [1.165, 1.54) is 30.5 Å². The van der Waals surface area contributed by atoms with Crippen molar-refractivity contribution in [3.05, 3.63) is 29.8 Å². The van der Waals surface area contributed by atoms with Gasteiger partial charge in [0.05, 0.1) is 0 Å². The molecule has 0 radical (unpaired) electrons. The van der Waals surface area contributed by atoms with Crippen molar-refractivity contribution in [2.75, 3.05) is 11.9 Å². The minimum absolute atomic E-state index is 0.296. The summed E-state index contributed by atoms with van der Waals surface area (Å²) in [5.41, 5.74) is 8.66. The lowest BCUT2D eigenvalue weighted by molar-refractivity contribution is 0.401. The Morgan fingerprint density at radius 1 is 1.29 bits per heavy atom. The lowest BCUT2D eigenvalue weighted by atomic mass is 9.91. The van der Waals surface area contributed by atoms with Crippen molar-refractivity contribution < 1.29 is 0 Å². The number of hydrogen-bond donors (Lipinski definition) is 1. The molecule has 1 aromatic carbocycles. The van der Waals surface area contributed by atoms with Crippen LogP contribution in [0.25, 0.3) is 0 Å². The summed E-state index contributed by atoms with van der Waals surface area (Å²) in [6.45, 7) is 2.14. The van der Waals surface area contributed by atoms with E-state index in [0.29, 0.717) is 6.04 Å². The molecule has 1 unspecified atom stereocenters. The van der Waals surface area contributed by atoms with Crippen molar-refractivity contribution >= 4 is 5.69 Å². The van der Waals surface area contributed by atoms with Crippen molar-refractivity contribution in [3.63, 3.8) is 0 Å². The second kappa shape index (κ2) is 5.54. The third-order valence-corrected chi connectivity index (χ3v) is 3.99. The van der Waals surface area contributed by atoms with Crippen LogP contribution >= 0.6 is 0 Å². The van der Waals surface area contributed by atoms with Crippen molar-refractivity contribution in [2.45, 2.75) is 51.1 Å². The zero-order chi connectivity index (χ0) is 12.3.